The lowest BCUT2D eigenvalue weighted by Crippen LogP contribution is -2.34. The molecule has 86 valence electrons. The summed E-state index contributed by atoms with van der Waals surface area (Å²) in [5.41, 5.74) is 0. The number of aliphatic hydroxyl groups is 1. The van der Waals surface area contributed by atoms with Gasteiger partial charge in [0.15, 0.2) is 0 Å². The Labute approximate surface area is 89.0 Å². The number of likely N-dealkylation sites (tertiary alicyclic amines) is 1. The highest BCUT2D eigenvalue weighted by atomic mass is 16.5. The molecule has 1 aliphatic heterocycles. The summed E-state index contributed by atoms with van der Waals surface area (Å²) in [4.78, 5) is 23.8. The van der Waals surface area contributed by atoms with E-state index in [2.05, 4.69) is 0 Å². The summed E-state index contributed by atoms with van der Waals surface area (Å²) in [6, 6.07) is 0. The third-order valence-electron chi connectivity index (χ3n) is 2.31. The molecule has 1 N–H and O–H groups in total. The van der Waals surface area contributed by atoms with Crippen molar-refractivity contribution < 1.29 is 19.4 Å². The van der Waals surface area contributed by atoms with Crippen LogP contribution in [-0.2, 0) is 14.3 Å². The molecule has 1 unspecified atom stereocenters. The molecule has 5 heteroatoms. The Morgan fingerprint density at radius 1 is 1.67 bits per heavy atom. The standard InChI is InChI=1S/C10H17NO4/c1-2-15-10(14)6-8(12)7-11-5-3-4-9(11)13/h8,12H,2-7H2,1H3. The van der Waals surface area contributed by atoms with Gasteiger partial charge in [0.2, 0.25) is 5.91 Å². The zero-order valence-corrected chi connectivity index (χ0v) is 8.94. The molecule has 1 rings (SSSR count). The van der Waals surface area contributed by atoms with Crippen LogP contribution in [0, 0.1) is 0 Å². The van der Waals surface area contributed by atoms with E-state index in [0.717, 1.165) is 6.42 Å². The van der Waals surface area contributed by atoms with Gasteiger partial charge in [-0.3, -0.25) is 9.59 Å². The van der Waals surface area contributed by atoms with Gasteiger partial charge in [0, 0.05) is 19.5 Å². The smallest absolute Gasteiger partial charge is 0.308 e. The summed E-state index contributed by atoms with van der Waals surface area (Å²) in [6.07, 6.45) is 0.528. The van der Waals surface area contributed by atoms with Crippen molar-refractivity contribution in [2.24, 2.45) is 0 Å². The van der Waals surface area contributed by atoms with Gasteiger partial charge in [-0.25, -0.2) is 0 Å². The van der Waals surface area contributed by atoms with Crippen molar-refractivity contribution >= 4 is 11.9 Å². The van der Waals surface area contributed by atoms with E-state index in [1.54, 1.807) is 11.8 Å². The molecule has 1 fully saturated rings. The lowest BCUT2D eigenvalue weighted by atomic mass is 10.2. The quantitative estimate of drug-likeness (QED) is 0.651. The highest BCUT2D eigenvalue weighted by molar-refractivity contribution is 5.78. The molecule has 0 spiro atoms. The maximum absolute atomic E-state index is 11.2. The van der Waals surface area contributed by atoms with Crippen molar-refractivity contribution in [3.8, 4) is 0 Å². The van der Waals surface area contributed by atoms with Gasteiger partial charge in [-0.15, -0.1) is 0 Å². The van der Waals surface area contributed by atoms with Gasteiger partial charge >= 0.3 is 5.97 Å². The van der Waals surface area contributed by atoms with Gasteiger partial charge in [0.05, 0.1) is 19.1 Å². The van der Waals surface area contributed by atoms with Gasteiger partial charge in [-0.2, -0.15) is 0 Å². The van der Waals surface area contributed by atoms with Crippen LogP contribution in [-0.4, -0.2) is 47.7 Å². The number of hydrogen-bond acceptors (Lipinski definition) is 4. The minimum absolute atomic E-state index is 0.0440. The van der Waals surface area contributed by atoms with Gasteiger partial charge in [-0.1, -0.05) is 0 Å². The van der Waals surface area contributed by atoms with Crippen LogP contribution in [0.4, 0.5) is 0 Å². The van der Waals surface area contributed by atoms with E-state index in [1.165, 1.54) is 0 Å². The Bertz CT molecular complexity index is 242. The molecule has 1 aliphatic rings. The summed E-state index contributed by atoms with van der Waals surface area (Å²) in [7, 11) is 0. The molecule has 15 heavy (non-hydrogen) atoms. The average molecular weight is 215 g/mol. The Hall–Kier alpha value is -1.10. The summed E-state index contributed by atoms with van der Waals surface area (Å²) in [5.74, 6) is -0.366. The zero-order valence-electron chi connectivity index (χ0n) is 8.94. The molecule has 1 heterocycles. The van der Waals surface area contributed by atoms with Crippen molar-refractivity contribution in [2.45, 2.75) is 32.3 Å². The number of hydrogen-bond donors (Lipinski definition) is 1. The zero-order chi connectivity index (χ0) is 11.3. The van der Waals surface area contributed by atoms with E-state index < -0.39 is 12.1 Å². The summed E-state index contributed by atoms with van der Waals surface area (Å²) < 4.78 is 4.70. The monoisotopic (exact) mass is 215 g/mol. The van der Waals surface area contributed by atoms with Crippen molar-refractivity contribution in [1.29, 1.82) is 0 Å². The third-order valence-corrected chi connectivity index (χ3v) is 2.31. The van der Waals surface area contributed by atoms with E-state index in [1.807, 2.05) is 0 Å². The first-order valence-corrected chi connectivity index (χ1v) is 5.25. The Kier molecular flexibility index (Phi) is 4.55. The lowest BCUT2D eigenvalue weighted by Gasteiger charge is -2.19. The highest BCUT2D eigenvalue weighted by Crippen LogP contribution is 2.10. The minimum atomic E-state index is -0.814. The lowest BCUT2D eigenvalue weighted by molar-refractivity contribution is -0.146. The number of esters is 1. The number of nitrogens with zero attached hydrogens (tertiary/aromatic N) is 1. The number of carbonyl (C=O) groups is 2. The van der Waals surface area contributed by atoms with Crippen molar-refractivity contribution in [2.75, 3.05) is 19.7 Å². The predicted molar refractivity (Wildman–Crippen MR) is 53.1 cm³/mol. The second-order valence-electron chi connectivity index (χ2n) is 3.61. The van der Waals surface area contributed by atoms with Crippen LogP contribution in [0.1, 0.15) is 26.2 Å². The fourth-order valence-electron chi connectivity index (χ4n) is 1.63. The predicted octanol–water partition coefficient (Wildman–Crippen LogP) is -0.0771. The fraction of sp³-hybridized carbons (Fsp3) is 0.800. The number of carbonyl (C=O) groups excluding carboxylic acids is 2. The van der Waals surface area contributed by atoms with Crippen LogP contribution in [0.3, 0.4) is 0 Å². The van der Waals surface area contributed by atoms with Crippen LogP contribution < -0.4 is 0 Å². The first-order chi connectivity index (χ1) is 7.13. The summed E-state index contributed by atoms with van der Waals surface area (Å²) in [6.45, 7) is 2.94. The number of ether oxygens (including phenoxy) is 1. The van der Waals surface area contributed by atoms with Crippen LogP contribution in [0.5, 0.6) is 0 Å². The molecule has 1 saturated heterocycles. The van der Waals surface area contributed by atoms with Crippen molar-refractivity contribution in [3.63, 3.8) is 0 Å². The number of aliphatic hydroxyl groups excluding tert-OH is 1. The van der Waals surface area contributed by atoms with Crippen LogP contribution in [0.15, 0.2) is 0 Å². The first-order valence-electron chi connectivity index (χ1n) is 5.25. The van der Waals surface area contributed by atoms with Gasteiger partial charge in [0.1, 0.15) is 0 Å². The average Bonchev–Trinajstić information content (AvgIpc) is 2.52. The Balaban J connectivity index is 2.26. The van der Waals surface area contributed by atoms with Gasteiger partial charge in [-0.05, 0) is 13.3 Å². The molecule has 1 atom stereocenters. The first kappa shape index (κ1) is 12.0. The molecule has 0 aromatic carbocycles. The minimum Gasteiger partial charge on any atom is -0.466 e. The molecule has 0 aromatic rings. The molecular weight excluding hydrogens is 198 g/mol. The number of β-amino-alcohol motifs (C(OH)–C–C–N with tert-alkyl or cyclic N) is 1. The fourth-order valence-corrected chi connectivity index (χ4v) is 1.63. The molecule has 0 saturated carbocycles. The number of rotatable bonds is 5. The molecule has 5 nitrogen and oxygen atoms in total. The molecular formula is C10H17NO4. The van der Waals surface area contributed by atoms with E-state index in [-0.39, 0.29) is 18.9 Å². The maximum atomic E-state index is 11.2. The molecule has 0 bridgehead atoms. The second-order valence-corrected chi connectivity index (χ2v) is 3.61. The SMILES string of the molecule is CCOC(=O)CC(O)CN1CCCC1=O. The topological polar surface area (TPSA) is 66.8 Å². The summed E-state index contributed by atoms with van der Waals surface area (Å²) in [5, 5.41) is 9.53. The van der Waals surface area contributed by atoms with Crippen molar-refractivity contribution in [3.05, 3.63) is 0 Å². The van der Waals surface area contributed by atoms with Gasteiger partial charge < -0.3 is 14.7 Å². The molecule has 0 radical (unpaired) electrons. The van der Waals surface area contributed by atoms with Crippen molar-refractivity contribution in [1.82, 2.24) is 4.90 Å². The highest BCUT2D eigenvalue weighted by Gasteiger charge is 2.23. The van der Waals surface area contributed by atoms with Crippen LogP contribution in [0.25, 0.3) is 0 Å². The van der Waals surface area contributed by atoms with E-state index >= 15 is 0 Å². The summed E-state index contributed by atoms with van der Waals surface area (Å²) >= 11 is 0. The van der Waals surface area contributed by atoms with E-state index in [4.69, 9.17) is 4.74 Å². The van der Waals surface area contributed by atoms with Crippen LogP contribution in [0.2, 0.25) is 0 Å². The largest absolute Gasteiger partial charge is 0.466 e. The maximum Gasteiger partial charge on any atom is 0.308 e. The Morgan fingerprint density at radius 3 is 2.93 bits per heavy atom. The third kappa shape index (κ3) is 3.87. The molecule has 0 aromatic heterocycles. The molecule has 1 amide bonds. The molecule has 0 aliphatic carbocycles. The van der Waals surface area contributed by atoms with E-state index in [9.17, 15) is 14.7 Å². The van der Waals surface area contributed by atoms with E-state index in [0.29, 0.717) is 19.6 Å². The van der Waals surface area contributed by atoms with Crippen LogP contribution >= 0.6 is 0 Å². The van der Waals surface area contributed by atoms with Gasteiger partial charge in [0.25, 0.3) is 0 Å². The Morgan fingerprint density at radius 2 is 2.40 bits per heavy atom. The second kappa shape index (κ2) is 5.70. The number of amides is 1. The normalized spacial score (nSPS) is 18.0.